The molecule has 7 heteroatoms. The minimum absolute atomic E-state index is 0.184. The fraction of sp³-hybridized carbons (Fsp3) is 0.333. The highest BCUT2D eigenvalue weighted by Crippen LogP contribution is 2.16. The molecular formula is C18H22F2N2O2S. The zero-order chi connectivity index (χ0) is 18.4. The van der Waals surface area contributed by atoms with Gasteiger partial charge in [0.15, 0.2) is 0 Å². The molecule has 0 aliphatic rings. The van der Waals surface area contributed by atoms with Crippen LogP contribution in [-0.2, 0) is 23.1 Å². The van der Waals surface area contributed by atoms with Crippen molar-refractivity contribution in [1.82, 2.24) is 9.62 Å². The molecule has 136 valence electrons. The maximum Gasteiger partial charge on any atom is 0.243 e. The van der Waals surface area contributed by atoms with E-state index in [1.165, 1.54) is 4.31 Å². The van der Waals surface area contributed by atoms with E-state index < -0.39 is 21.7 Å². The van der Waals surface area contributed by atoms with Crippen molar-refractivity contribution in [2.24, 2.45) is 0 Å². The van der Waals surface area contributed by atoms with Gasteiger partial charge in [-0.25, -0.2) is 17.2 Å². The number of hydrogen-bond donors (Lipinski definition) is 1. The van der Waals surface area contributed by atoms with E-state index in [9.17, 15) is 17.2 Å². The van der Waals surface area contributed by atoms with Crippen LogP contribution in [0.5, 0.6) is 0 Å². The van der Waals surface area contributed by atoms with E-state index >= 15 is 0 Å². The van der Waals surface area contributed by atoms with Gasteiger partial charge in [0.2, 0.25) is 10.0 Å². The molecule has 2 rings (SSSR count). The van der Waals surface area contributed by atoms with Crippen LogP contribution in [-0.4, -0.2) is 25.8 Å². The summed E-state index contributed by atoms with van der Waals surface area (Å²) in [4.78, 5) is 0.246. The third-order valence-electron chi connectivity index (χ3n) is 3.92. The molecule has 0 atom stereocenters. The molecule has 0 aliphatic heterocycles. The number of sulfonamides is 1. The summed E-state index contributed by atoms with van der Waals surface area (Å²) >= 11 is 0. The minimum Gasteiger partial charge on any atom is -0.309 e. The van der Waals surface area contributed by atoms with Gasteiger partial charge in [-0.05, 0) is 35.9 Å². The monoisotopic (exact) mass is 368 g/mol. The first-order valence-electron chi connectivity index (χ1n) is 8.12. The summed E-state index contributed by atoms with van der Waals surface area (Å²) in [5.74, 6) is -0.946. The Kier molecular flexibility index (Phi) is 6.64. The van der Waals surface area contributed by atoms with Crippen LogP contribution in [0.1, 0.15) is 25.0 Å². The van der Waals surface area contributed by atoms with Gasteiger partial charge < -0.3 is 5.32 Å². The molecule has 2 aromatic carbocycles. The van der Waals surface area contributed by atoms with Crippen LogP contribution >= 0.6 is 0 Å². The zero-order valence-corrected chi connectivity index (χ0v) is 15.1. The van der Waals surface area contributed by atoms with Crippen LogP contribution in [0.4, 0.5) is 8.78 Å². The van der Waals surface area contributed by atoms with Gasteiger partial charge in [0.05, 0.1) is 4.90 Å². The highest BCUT2D eigenvalue weighted by atomic mass is 32.2. The Labute approximate surface area is 147 Å². The van der Waals surface area contributed by atoms with E-state index in [2.05, 4.69) is 5.32 Å². The second-order valence-electron chi connectivity index (χ2n) is 5.57. The fourth-order valence-electron chi connectivity index (χ4n) is 2.51. The van der Waals surface area contributed by atoms with Crippen LogP contribution in [0.3, 0.4) is 0 Å². The van der Waals surface area contributed by atoms with Gasteiger partial charge in [-0.3, -0.25) is 0 Å². The average molecular weight is 368 g/mol. The zero-order valence-electron chi connectivity index (χ0n) is 14.3. The summed E-state index contributed by atoms with van der Waals surface area (Å²) < 4.78 is 52.9. The summed E-state index contributed by atoms with van der Waals surface area (Å²) in [5, 5.41) is 3.02. The van der Waals surface area contributed by atoms with Crippen LogP contribution in [0.2, 0.25) is 0 Å². The second-order valence-corrected chi connectivity index (χ2v) is 7.51. The third kappa shape index (κ3) is 4.84. The molecule has 0 amide bonds. The van der Waals surface area contributed by atoms with Crippen molar-refractivity contribution in [3.8, 4) is 0 Å². The lowest BCUT2D eigenvalue weighted by atomic mass is 10.2. The Morgan fingerprint density at radius 2 is 1.60 bits per heavy atom. The Balaban J connectivity index is 2.00. The molecule has 0 radical (unpaired) electrons. The number of benzene rings is 2. The summed E-state index contributed by atoms with van der Waals surface area (Å²) in [6, 6.07) is 9.88. The Morgan fingerprint density at radius 1 is 0.960 bits per heavy atom. The highest BCUT2D eigenvalue weighted by Gasteiger charge is 2.21. The van der Waals surface area contributed by atoms with E-state index in [1.807, 2.05) is 0 Å². The van der Waals surface area contributed by atoms with E-state index in [4.69, 9.17) is 0 Å². The van der Waals surface area contributed by atoms with Gasteiger partial charge >= 0.3 is 0 Å². The molecule has 0 fully saturated rings. The summed E-state index contributed by atoms with van der Waals surface area (Å²) in [7, 11) is -3.47. The van der Waals surface area contributed by atoms with Gasteiger partial charge in [-0.2, -0.15) is 4.31 Å². The predicted octanol–water partition coefficient (Wildman–Crippen LogP) is 3.29. The van der Waals surface area contributed by atoms with Gasteiger partial charge in [0.1, 0.15) is 11.6 Å². The van der Waals surface area contributed by atoms with Crippen LogP contribution in [0.15, 0.2) is 47.4 Å². The maximum absolute atomic E-state index is 13.5. The van der Waals surface area contributed by atoms with Crippen molar-refractivity contribution in [2.45, 2.75) is 31.8 Å². The Bertz CT molecular complexity index is 804. The first-order chi connectivity index (χ1) is 11.9. The van der Waals surface area contributed by atoms with Crippen LogP contribution in [0, 0.1) is 11.6 Å². The topological polar surface area (TPSA) is 49.4 Å². The molecule has 0 unspecified atom stereocenters. The van der Waals surface area contributed by atoms with Crippen molar-refractivity contribution in [2.75, 3.05) is 13.1 Å². The number of nitrogens with one attached hydrogen (secondary N) is 1. The predicted molar refractivity (Wildman–Crippen MR) is 93.5 cm³/mol. The van der Waals surface area contributed by atoms with E-state index in [0.29, 0.717) is 19.6 Å². The summed E-state index contributed by atoms with van der Waals surface area (Å²) in [6.45, 7) is 5.03. The lowest BCUT2D eigenvalue weighted by Gasteiger charge is -2.18. The summed E-state index contributed by atoms with van der Waals surface area (Å²) in [5.41, 5.74) is 1.11. The van der Waals surface area contributed by atoms with E-state index in [-0.39, 0.29) is 17.0 Å². The second kappa shape index (κ2) is 8.51. The van der Waals surface area contributed by atoms with Gasteiger partial charge in [-0.15, -0.1) is 0 Å². The molecule has 1 N–H and O–H groups in total. The quantitative estimate of drug-likeness (QED) is 0.778. The minimum atomic E-state index is -3.47. The van der Waals surface area contributed by atoms with Crippen molar-refractivity contribution in [3.05, 3.63) is 65.2 Å². The van der Waals surface area contributed by atoms with Gasteiger partial charge in [-0.1, -0.05) is 26.0 Å². The van der Waals surface area contributed by atoms with Crippen LogP contribution in [0.25, 0.3) is 0 Å². The molecule has 4 nitrogen and oxygen atoms in total. The SMILES string of the molecule is CCN(CC)S(=O)(=O)c1ccc(CNCc2cc(F)ccc2F)cc1. The largest absolute Gasteiger partial charge is 0.309 e. The lowest BCUT2D eigenvalue weighted by molar-refractivity contribution is 0.445. The van der Waals surface area contributed by atoms with E-state index in [0.717, 1.165) is 23.8 Å². The molecular weight excluding hydrogens is 346 g/mol. The molecule has 25 heavy (non-hydrogen) atoms. The average Bonchev–Trinajstić information content (AvgIpc) is 2.59. The molecule has 0 bridgehead atoms. The Hall–Kier alpha value is -1.83. The normalized spacial score (nSPS) is 11.9. The fourth-order valence-corrected chi connectivity index (χ4v) is 3.97. The molecule has 0 heterocycles. The highest BCUT2D eigenvalue weighted by molar-refractivity contribution is 7.89. The number of hydrogen-bond acceptors (Lipinski definition) is 3. The van der Waals surface area contributed by atoms with Gasteiger partial charge in [0.25, 0.3) is 0 Å². The molecule has 0 aromatic heterocycles. The first kappa shape index (κ1) is 19.5. The smallest absolute Gasteiger partial charge is 0.243 e. The number of rotatable bonds is 8. The molecule has 0 aliphatic carbocycles. The maximum atomic E-state index is 13.5. The molecule has 2 aromatic rings. The molecule has 0 saturated heterocycles. The lowest BCUT2D eigenvalue weighted by Crippen LogP contribution is -2.30. The van der Waals surface area contributed by atoms with Crippen LogP contribution < -0.4 is 5.32 Å². The number of halogens is 2. The number of nitrogens with zero attached hydrogens (tertiary/aromatic N) is 1. The molecule has 0 saturated carbocycles. The molecule has 0 spiro atoms. The standard InChI is InChI=1S/C18H22F2N2O2S/c1-3-22(4-2)25(23,24)17-8-5-14(6-9-17)12-21-13-15-11-16(19)7-10-18(15)20/h5-11,21H,3-4,12-13H2,1-2H3. The van der Waals surface area contributed by atoms with E-state index in [1.54, 1.807) is 38.1 Å². The van der Waals surface area contributed by atoms with Crippen molar-refractivity contribution in [1.29, 1.82) is 0 Å². The Morgan fingerprint density at radius 3 is 2.20 bits per heavy atom. The van der Waals surface area contributed by atoms with Crippen molar-refractivity contribution < 1.29 is 17.2 Å². The van der Waals surface area contributed by atoms with Crippen molar-refractivity contribution in [3.63, 3.8) is 0 Å². The summed E-state index contributed by atoms with van der Waals surface area (Å²) in [6.07, 6.45) is 0. The third-order valence-corrected chi connectivity index (χ3v) is 5.98. The van der Waals surface area contributed by atoms with Crippen molar-refractivity contribution >= 4 is 10.0 Å². The van der Waals surface area contributed by atoms with Gasteiger partial charge in [0, 0.05) is 31.7 Å². The first-order valence-corrected chi connectivity index (χ1v) is 9.56.